The Morgan fingerprint density at radius 2 is 1.62 bits per heavy atom. The Balaban J connectivity index is 2.49. The summed E-state index contributed by atoms with van der Waals surface area (Å²) < 4.78 is 0. The molecule has 0 aromatic heterocycles. The largest absolute Gasteiger partial charge is 0.499 e. The average molecular weight is 314 g/mol. The van der Waals surface area contributed by atoms with Crippen LogP contribution in [-0.4, -0.2) is 5.11 Å². The molecule has 0 heterocycles. The summed E-state index contributed by atoms with van der Waals surface area (Å²) in [6.07, 6.45) is 6.79. The molecule has 0 aliphatic rings. The molecule has 0 bridgehead atoms. The maximum absolute atomic E-state index is 9.32. The van der Waals surface area contributed by atoms with Crippen molar-refractivity contribution in [2.24, 2.45) is 0 Å². The lowest BCUT2D eigenvalue weighted by molar-refractivity contribution is 0.442. The first kappa shape index (κ1) is 16.9. The van der Waals surface area contributed by atoms with E-state index in [1.54, 1.807) is 18.2 Å². The Morgan fingerprint density at radius 3 is 2.17 bits per heavy atom. The highest BCUT2D eigenvalue weighted by atomic mass is 16.3. The highest BCUT2D eigenvalue weighted by molar-refractivity contribution is 5.71. The Kier molecular flexibility index (Phi) is 5.76. The summed E-state index contributed by atoms with van der Waals surface area (Å²) in [5.74, 6) is -0.319. The fourth-order valence-corrected chi connectivity index (χ4v) is 2.29. The molecule has 0 atom stereocenters. The fourth-order valence-electron chi connectivity index (χ4n) is 2.29. The van der Waals surface area contributed by atoms with Crippen LogP contribution in [0.25, 0.3) is 6.08 Å². The fraction of sp³-hybridized carbons (Fsp3) is 0. The number of aliphatic hydroxyl groups is 1. The van der Waals surface area contributed by atoms with Gasteiger partial charge in [-0.05, 0) is 48.1 Å². The van der Waals surface area contributed by atoms with Gasteiger partial charge in [0.15, 0.2) is 5.76 Å². The lowest BCUT2D eigenvalue weighted by atomic mass is 10.1. The number of hydrogen-bond acceptors (Lipinski definition) is 3. The molecule has 118 valence electrons. The standard InChI is InChI=1S/C21H18N2O/c1-3-8-18(4-2)23(19-9-6-5-7-10-19)20-13-11-17(12-14-20)15-21(24)16-22/h3-15,24H,1-2H2/b18-8+,21-15+. The molecule has 0 spiro atoms. The quantitative estimate of drug-likeness (QED) is 0.331. The van der Waals surface area contributed by atoms with Crippen molar-refractivity contribution in [1.29, 1.82) is 5.26 Å². The smallest absolute Gasteiger partial charge is 0.195 e. The number of rotatable bonds is 6. The summed E-state index contributed by atoms with van der Waals surface area (Å²) in [5.41, 5.74) is 3.56. The SMILES string of the molecule is C=C/C=C(\C=C)N(c1ccccc1)c1ccc(/C=C(/O)C#N)cc1. The summed E-state index contributed by atoms with van der Waals surface area (Å²) in [4.78, 5) is 2.05. The van der Waals surface area contributed by atoms with E-state index in [1.165, 1.54) is 6.08 Å². The summed E-state index contributed by atoms with van der Waals surface area (Å²) in [6.45, 7) is 7.64. The van der Waals surface area contributed by atoms with E-state index in [0.29, 0.717) is 0 Å². The van der Waals surface area contributed by atoms with Crippen molar-refractivity contribution in [2.45, 2.75) is 0 Å². The Morgan fingerprint density at radius 1 is 1.00 bits per heavy atom. The van der Waals surface area contributed by atoms with Gasteiger partial charge in [-0.15, -0.1) is 0 Å². The molecule has 24 heavy (non-hydrogen) atoms. The zero-order valence-electron chi connectivity index (χ0n) is 13.3. The lowest BCUT2D eigenvalue weighted by Crippen LogP contribution is -2.14. The third-order valence-corrected chi connectivity index (χ3v) is 3.34. The Hall–Kier alpha value is -3.51. The number of nitriles is 1. The number of anilines is 2. The summed E-state index contributed by atoms with van der Waals surface area (Å²) in [5, 5.41) is 18.0. The minimum absolute atomic E-state index is 0.319. The van der Waals surface area contributed by atoms with Gasteiger partial charge in [-0.1, -0.05) is 49.6 Å². The topological polar surface area (TPSA) is 47.3 Å². The van der Waals surface area contributed by atoms with E-state index in [2.05, 4.69) is 13.2 Å². The normalized spacial score (nSPS) is 11.5. The Bertz CT molecular complexity index is 809. The van der Waals surface area contributed by atoms with E-state index < -0.39 is 0 Å². The number of benzene rings is 2. The summed E-state index contributed by atoms with van der Waals surface area (Å²) >= 11 is 0. The van der Waals surface area contributed by atoms with Crippen molar-refractivity contribution in [3.8, 4) is 6.07 Å². The molecule has 2 aromatic rings. The zero-order chi connectivity index (χ0) is 17.4. The van der Waals surface area contributed by atoms with Crippen LogP contribution in [0.4, 0.5) is 11.4 Å². The predicted octanol–water partition coefficient (Wildman–Crippen LogP) is 5.50. The second-order valence-corrected chi connectivity index (χ2v) is 4.94. The highest BCUT2D eigenvalue weighted by Gasteiger charge is 2.11. The van der Waals surface area contributed by atoms with E-state index in [4.69, 9.17) is 5.26 Å². The van der Waals surface area contributed by atoms with Gasteiger partial charge >= 0.3 is 0 Å². The second-order valence-electron chi connectivity index (χ2n) is 4.94. The number of para-hydroxylation sites is 1. The van der Waals surface area contributed by atoms with Crippen molar-refractivity contribution < 1.29 is 5.11 Å². The van der Waals surface area contributed by atoms with Gasteiger partial charge in [-0.2, -0.15) is 5.26 Å². The lowest BCUT2D eigenvalue weighted by Gasteiger charge is -2.26. The van der Waals surface area contributed by atoms with Gasteiger partial charge in [-0.3, -0.25) is 0 Å². The van der Waals surface area contributed by atoms with Gasteiger partial charge in [0.1, 0.15) is 6.07 Å². The van der Waals surface area contributed by atoms with Crippen LogP contribution in [0, 0.1) is 11.3 Å². The third kappa shape index (κ3) is 4.02. The zero-order valence-corrected chi connectivity index (χ0v) is 13.3. The van der Waals surface area contributed by atoms with E-state index in [9.17, 15) is 5.11 Å². The summed E-state index contributed by atoms with van der Waals surface area (Å²) in [6, 6.07) is 19.1. The minimum atomic E-state index is -0.319. The molecule has 0 amide bonds. The van der Waals surface area contributed by atoms with E-state index in [1.807, 2.05) is 65.6 Å². The van der Waals surface area contributed by atoms with E-state index >= 15 is 0 Å². The monoisotopic (exact) mass is 314 g/mol. The molecule has 0 aliphatic carbocycles. The molecular weight excluding hydrogens is 296 g/mol. The molecule has 0 unspecified atom stereocenters. The molecule has 2 rings (SSSR count). The van der Waals surface area contributed by atoms with Crippen molar-refractivity contribution in [1.82, 2.24) is 0 Å². The minimum Gasteiger partial charge on any atom is -0.499 e. The highest BCUT2D eigenvalue weighted by Crippen LogP contribution is 2.30. The average Bonchev–Trinajstić information content (AvgIpc) is 2.63. The van der Waals surface area contributed by atoms with Gasteiger partial charge in [-0.25, -0.2) is 0 Å². The van der Waals surface area contributed by atoms with Gasteiger partial charge in [0.25, 0.3) is 0 Å². The van der Waals surface area contributed by atoms with Crippen LogP contribution in [0.1, 0.15) is 5.56 Å². The Labute approximate surface area is 142 Å². The molecule has 1 N–H and O–H groups in total. The van der Waals surface area contributed by atoms with E-state index in [0.717, 1.165) is 22.6 Å². The first-order valence-corrected chi connectivity index (χ1v) is 7.40. The van der Waals surface area contributed by atoms with Crippen LogP contribution in [0.5, 0.6) is 0 Å². The molecule has 0 saturated carbocycles. The molecule has 2 aromatic carbocycles. The maximum atomic E-state index is 9.32. The van der Waals surface area contributed by atoms with Crippen LogP contribution >= 0.6 is 0 Å². The van der Waals surface area contributed by atoms with Gasteiger partial charge in [0.2, 0.25) is 0 Å². The third-order valence-electron chi connectivity index (χ3n) is 3.34. The number of aliphatic hydroxyl groups excluding tert-OH is 1. The number of allylic oxidation sites excluding steroid dienone is 4. The number of nitrogens with zero attached hydrogens (tertiary/aromatic N) is 2. The number of hydrogen-bond donors (Lipinski definition) is 1. The van der Waals surface area contributed by atoms with Gasteiger partial charge in [0, 0.05) is 17.1 Å². The molecule has 3 nitrogen and oxygen atoms in total. The van der Waals surface area contributed by atoms with Crippen molar-refractivity contribution in [3.05, 3.63) is 103 Å². The van der Waals surface area contributed by atoms with Gasteiger partial charge in [0.05, 0.1) is 0 Å². The molecule has 0 aliphatic heterocycles. The predicted molar refractivity (Wildman–Crippen MR) is 99.7 cm³/mol. The van der Waals surface area contributed by atoms with Crippen molar-refractivity contribution >= 4 is 17.5 Å². The van der Waals surface area contributed by atoms with E-state index in [-0.39, 0.29) is 5.76 Å². The van der Waals surface area contributed by atoms with Crippen LogP contribution < -0.4 is 4.90 Å². The first-order valence-electron chi connectivity index (χ1n) is 7.40. The molecule has 3 heteroatoms. The van der Waals surface area contributed by atoms with Crippen LogP contribution in [0.3, 0.4) is 0 Å². The molecule has 0 saturated heterocycles. The maximum Gasteiger partial charge on any atom is 0.195 e. The molecular formula is C21H18N2O. The summed E-state index contributed by atoms with van der Waals surface area (Å²) in [7, 11) is 0. The first-order chi connectivity index (χ1) is 11.7. The van der Waals surface area contributed by atoms with Crippen LogP contribution in [0.2, 0.25) is 0 Å². The molecule has 0 radical (unpaired) electrons. The molecule has 0 fully saturated rings. The van der Waals surface area contributed by atoms with Crippen LogP contribution in [0.15, 0.2) is 97.4 Å². The van der Waals surface area contributed by atoms with Gasteiger partial charge < -0.3 is 10.0 Å². The van der Waals surface area contributed by atoms with Crippen LogP contribution in [-0.2, 0) is 0 Å². The van der Waals surface area contributed by atoms with Crippen molar-refractivity contribution in [2.75, 3.05) is 4.90 Å². The van der Waals surface area contributed by atoms with Crippen molar-refractivity contribution in [3.63, 3.8) is 0 Å². The second kappa shape index (κ2) is 8.21.